The SMILES string of the molecule is O=C1CCc2cc(I)ccc2N1CC1CCCCO1. The van der Waals surface area contributed by atoms with Gasteiger partial charge in [-0.2, -0.15) is 0 Å². The van der Waals surface area contributed by atoms with Gasteiger partial charge in [-0.1, -0.05) is 0 Å². The zero-order valence-electron chi connectivity index (χ0n) is 10.9. The highest BCUT2D eigenvalue weighted by atomic mass is 127. The third-order valence-corrected chi connectivity index (χ3v) is 4.57. The molecule has 1 saturated heterocycles. The van der Waals surface area contributed by atoms with Gasteiger partial charge in [0, 0.05) is 22.3 Å². The summed E-state index contributed by atoms with van der Waals surface area (Å²) in [4.78, 5) is 14.1. The molecule has 2 aliphatic rings. The summed E-state index contributed by atoms with van der Waals surface area (Å²) >= 11 is 2.33. The second kappa shape index (κ2) is 5.79. The molecule has 19 heavy (non-hydrogen) atoms. The standard InChI is InChI=1S/C15H18INO2/c16-12-5-6-14-11(9-12)4-7-15(18)17(14)10-13-3-1-2-8-19-13/h5-6,9,13H,1-4,7-8,10H2. The molecule has 3 nitrogen and oxygen atoms in total. The van der Waals surface area contributed by atoms with E-state index in [-0.39, 0.29) is 12.0 Å². The van der Waals surface area contributed by atoms with Crippen LogP contribution in [-0.2, 0) is 16.0 Å². The molecule has 0 aliphatic carbocycles. The third kappa shape index (κ3) is 2.94. The van der Waals surface area contributed by atoms with Crippen molar-refractivity contribution in [3.63, 3.8) is 0 Å². The first-order chi connectivity index (χ1) is 9.24. The van der Waals surface area contributed by atoms with E-state index in [2.05, 4.69) is 40.8 Å². The summed E-state index contributed by atoms with van der Waals surface area (Å²) < 4.78 is 7.01. The predicted octanol–water partition coefficient (Wildman–Crippen LogP) is 3.14. The molecule has 102 valence electrons. The summed E-state index contributed by atoms with van der Waals surface area (Å²) in [6, 6.07) is 6.35. The maximum Gasteiger partial charge on any atom is 0.227 e. The van der Waals surface area contributed by atoms with Crippen LogP contribution in [0.4, 0.5) is 5.69 Å². The molecule has 1 atom stereocenters. The quantitative estimate of drug-likeness (QED) is 0.748. The second-order valence-electron chi connectivity index (χ2n) is 5.27. The van der Waals surface area contributed by atoms with Crippen LogP contribution in [0.1, 0.15) is 31.2 Å². The van der Waals surface area contributed by atoms with E-state index in [1.165, 1.54) is 15.6 Å². The molecule has 1 unspecified atom stereocenters. The van der Waals surface area contributed by atoms with Crippen LogP contribution >= 0.6 is 22.6 Å². The van der Waals surface area contributed by atoms with Crippen molar-refractivity contribution in [2.45, 2.75) is 38.2 Å². The van der Waals surface area contributed by atoms with E-state index < -0.39 is 0 Å². The van der Waals surface area contributed by atoms with E-state index in [0.717, 1.165) is 31.6 Å². The van der Waals surface area contributed by atoms with Crippen molar-refractivity contribution in [3.05, 3.63) is 27.3 Å². The number of carbonyl (C=O) groups excluding carboxylic acids is 1. The van der Waals surface area contributed by atoms with Crippen LogP contribution in [0.3, 0.4) is 0 Å². The fraction of sp³-hybridized carbons (Fsp3) is 0.533. The van der Waals surface area contributed by atoms with Crippen molar-refractivity contribution < 1.29 is 9.53 Å². The molecule has 2 heterocycles. The van der Waals surface area contributed by atoms with Gasteiger partial charge in [-0.05, 0) is 72.0 Å². The minimum absolute atomic E-state index is 0.211. The van der Waals surface area contributed by atoms with E-state index in [1.807, 2.05) is 4.90 Å². The van der Waals surface area contributed by atoms with Crippen molar-refractivity contribution in [1.82, 2.24) is 0 Å². The average molecular weight is 371 g/mol. The summed E-state index contributed by atoms with van der Waals surface area (Å²) in [6.45, 7) is 1.55. The zero-order chi connectivity index (χ0) is 13.2. The molecule has 3 rings (SSSR count). The molecule has 2 aliphatic heterocycles. The molecular weight excluding hydrogens is 353 g/mol. The van der Waals surface area contributed by atoms with Crippen LogP contribution in [0, 0.1) is 3.57 Å². The summed E-state index contributed by atoms with van der Waals surface area (Å²) in [5.74, 6) is 0.239. The number of amides is 1. The van der Waals surface area contributed by atoms with Gasteiger partial charge in [-0.25, -0.2) is 0 Å². The van der Waals surface area contributed by atoms with Crippen LogP contribution in [0.25, 0.3) is 0 Å². The number of aryl methyl sites for hydroxylation is 1. The van der Waals surface area contributed by atoms with Crippen LogP contribution in [0.15, 0.2) is 18.2 Å². The minimum Gasteiger partial charge on any atom is -0.376 e. The Kier molecular flexibility index (Phi) is 4.07. The molecule has 1 amide bonds. The minimum atomic E-state index is 0.211. The van der Waals surface area contributed by atoms with Crippen LogP contribution in [0.2, 0.25) is 0 Å². The highest BCUT2D eigenvalue weighted by molar-refractivity contribution is 14.1. The number of nitrogens with zero attached hydrogens (tertiary/aromatic N) is 1. The van der Waals surface area contributed by atoms with Gasteiger partial charge in [0.05, 0.1) is 12.6 Å². The molecule has 0 N–H and O–H groups in total. The van der Waals surface area contributed by atoms with Gasteiger partial charge in [-0.3, -0.25) is 4.79 Å². The fourth-order valence-electron chi connectivity index (χ4n) is 2.88. The zero-order valence-corrected chi connectivity index (χ0v) is 13.1. The van der Waals surface area contributed by atoms with Crippen LogP contribution in [-0.4, -0.2) is 25.2 Å². The van der Waals surface area contributed by atoms with E-state index in [1.54, 1.807) is 0 Å². The van der Waals surface area contributed by atoms with Gasteiger partial charge in [0.25, 0.3) is 0 Å². The molecule has 1 fully saturated rings. The first kappa shape index (κ1) is 13.4. The Balaban J connectivity index is 1.82. The van der Waals surface area contributed by atoms with E-state index >= 15 is 0 Å². The Labute approximate surface area is 127 Å². The first-order valence-electron chi connectivity index (χ1n) is 6.94. The molecule has 1 aromatic carbocycles. The van der Waals surface area contributed by atoms with Gasteiger partial charge < -0.3 is 9.64 Å². The fourth-order valence-corrected chi connectivity index (χ4v) is 3.44. The molecular formula is C15H18INO2. The summed E-state index contributed by atoms with van der Waals surface area (Å²) in [6.07, 6.45) is 5.14. The number of benzene rings is 1. The lowest BCUT2D eigenvalue weighted by Gasteiger charge is -2.33. The Morgan fingerprint density at radius 2 is 2.21 bits per heavy atom. The maximum atomic E-state index is 12.2. The van der Waals surface area contributed by atoms with Crippen molar-refractivity contribution in [1.29, 1.82) is 0 Å². The number of hydrogen-bond donors (Lipinski definition) is 0. The second-order valence-corrected chi connectivity index (χ2v) is 6.51. The molecule has 1 aromatic rings. The van der Waals surface area contributed by atoms with Crippen LogP contribution < -0.4 is 4.90 Å². The Bertz CT molecular complexity index is 483. The Morgan fingerprint density at radius 3 is 3.00 bits per heavy atom. The smallest absolute Gasteiger partial charge is 0.227 e. The van der Waals surface area contributed by atoms with Gasteiger partial charge in [-0.15, -0.1) is 0 Å². The number of ether oxygens (including phenoxy) is 1. The molecule has 4 heteroatoms. The van der Waals surface area contributed by atoms with E-state index in [4.69, 9.17) is 4.74 Å². The maximum absolute atomic E-state index is 12.2. The van der Waals surface area contributed by atoms with Crippen molar-refractivity contribution in [2.75, 3.05) is 18.1 Å². The van der Waals surface area contributed by atoms with Gasteiger partial charge in [0.2, 0.25) is 5.91 Å². The molecule has 0 radical (unpaired) electrons. The summed E-state index contributed by atoms with van der Waals surface area (Å²) in [7, 11) is 0. The first-order valence-corrected chi connectivity index (χ1v) is 8.02. The lowest BCUT2D eigenvalue weighted by atomic mass is 10.00. The van der Waals surface area contributed by atoms with Crippen molar-refractivity contribution >= 4 is 34.2 Å². The number of carbonyl (C=O) groups is 1. The largest absolute Gasteiger partial charge is 0.376 e. The van der Waals surface area contributed by atoms with Gasteiger partial charge in [0.1, 0.15) is 0 Å². The Morgan fingerprint density at radius 1 is 1.32 bits per heavy atom. The third-order valence-electron chi connectivity index (χ3n) is 3.90. The lowest BCUT2D eigenvalue weighted by molar-refractivity contribution is -0.119. The average Bonchev–Trinajstić information content (AvgIpc) is 2.43. The lowest BCUT2D eigenvalue weighted by Crippen LogP contribution is -2.42. The number of anilines is 1. The van der Waals surface area contributed by atoms with Crippen LogP contribution in [0.5, 0.6) is 0 Å². The highest BCUT2D eigenvalue weighted by Gasteiger charge is 2.27. The number of halogens is 1. The highest BCUT2D eigenvalue weighted by Crippen LogP contribution is 2.30. The van der Waals surface area contributed by atoms with Gasteiger partial charge >= 0.3 is 0 Å². The number of rotatable bonds is 2. The number of hydrogen-bond acceptors (Lipinski definition) is 2. The van der Waals surface area contributed by atoms with E-state index in [9.17, 15) is 4.79 Å². The van der Waals surface area contributed by atoms with Crippen molar-refractivity contribution in [3.8, 4) is 0 Å². The van der Waals surface area contributed by atoms with E-state index in [0.29, 0.717) is 13.0 Å². The summed E-state index contributed by atoms with van der Waals surface area (Å²) in [5.41, 5.74) is 2.38. The monoisotopic (exact) mass is 371 g/mol. The number of fused-ring (bicyclic) bond motifs is 1. The van der Waals surface area contributed by atoms with Crippen molar-refractivity contribution in [2.24, 2.45) is 0 Å². The van der Waals surface area contributed by atoms with Gasteiger partial charge in [0.15, 0.2) is 0 Å². The Hall–Kier alpha value is -0.620. The molecule has 0 saturated carbocycles. The molecule has 0 spiro atoms. The topological polar surface area (TPSA) is 29.5 Å². The molecule has 0 aromatic heterocycles. The predicted molar refractivity (Wildman–Crippen MR) is 83.4 cm³/mol. The summed E-state index contributed by atoms with van der Waals surface area (Å²) in [5, 5.41) is 0. The normalized spacial score (nSPS) is 23.3. The molecule has 0 bridgehead atoms.